The number of amides is 1. The second kappa shape index (κ2) is 5.01. The van der Waals surface area contributed by atoms with Crippen molar-refractivity contribution in [2.75, 3.05) is 19.7 Å². The minimum Gasteiger partial charge on any atom is -0.444 e. The third kappa shape index (κ3) is 3.64. The summed E-state index contributed by atoms with van der Waals surface area (Å²) in [5.41, 5.74) is 5.39. The van der Waals surface area contributed by atoms with E-state index in [0.717, 1.165) is 0 Å². The highest BCUT2D eigenvalue weighted by molar-refractivity contribution is 5.69. The number of ether oxygens (including phenoxy) is 1. The molecule has 1 amide bonds. The number of aliphatic hydroxyl groups excluding tert-OH is 1. The molecule has 1 saturated heterocycles. The Balaban J connectivity index is 2.28. The van der Waals surface area contributed by atoms with Crippen LogP contribution in [0.3, 0.4) is 0 Å². The number of hydrogen-bond acceptors (Lipinski definition) is 4. The van der Waals surface area contributed by atoms with Crippen molar-refractivity contribution in [2.24, 2.45) is 11.7 Å². The zero-order chi connectivity index (χ0) is 12.3. The molecule has 0 aromatic carbocycles. The summed E-state index contributed by atoms with van der Waals surface area (Å²) in [5, 5.41) is 8.75. The number of rotatable bonds is 3. The Morgan fingerprint density at radius 2 is 2.12 bits per heavy atom. The van der Waals surface area contributed by atoms with Gasteiger partial charge in [-0.1, -0.05) is 0 Å². The average molecular weight is 230 g/mol. The third-order valence-electron chi connectivity index (χ3n) is 2.63. The Morgan fingerprint density at radius 3 is 2.56 bits per heavy atom. The van der Waals surface area contributed by atoms with Crippen LogP contribution in [0.25, 0.3) is 0 Å². The fourth-order valence-electron chi connectivity index (χ4n) is 1.64. The van der Waals surface area contributed by atoms with Crippen LogP contribution in [0.1, 0.15) is 27.2 Å². The van der Waals surface area contributed by atoms with E-state index in [0.29, 0.717) is 25.4 Å². The van der Waals surface area contributed by atoms with E-state index in [-0.39, 0.29) is 18.7 Å². The summed E-state index contributed by atoms with van der Waals surface area (Å²) >= 11 is 0. The van der Waals surface area contributed by atoms with Crippen LogP contribution in [0.4, 0.5) is 4.79 Å². The molecule has 1 heterocycles. The van der Waals surface area contributed by atoms with Crippen molar-refractivity contribution >= 4 is 6.09 Å². The maximum absolute atomic E-state index is 11.6. The van der Waals surface area contributed by atoms with Crippen LogP contribution in [0.2, 0.25) is 0 Å². The second-order valence-electron chi connectivity index (χ2n) is 5.32. The van der Waals surface area contributed by atoms with E-state index in [4.69, 9.17) is 15.6 Å². The molecular weight excluding hydrogens is 208 g/mol. The molecule has 0 bridgehead atoms. The van der Waals surface area contributed by atoms with E-state index in [1.165, 1.54) is 0 Å². The normalized spacial score (nSPS) is 19.2. The molecule has 1 aliphatic rings. The van der Waals surface area contributed by atoms with Crippen LogP contribution in [-0.2, 0) is 4.74 Å². The Labute approximate surface area is 96.6 Å². The first-order chi connectivity index (χ1) is 7.33. The van der Waals surface area contributed by atoms with E-state index < -0.39 is 5.60 Å². The fourth-order valence-corrected chi connectivity index (χ4v) is 1.64. The number of aliphatic hydroxyl groups is 1. The number of likely N-dealkylation sites (tertiary alicyclic amines) is 1. The molecule has 1 fully saturated rings. The molecule has 0 aromatic heterocycles. The zero-order valence-electron chi connectivity index (χ0n) is 10.3. The van der Waals surface area contributed by atoms with Crippen LogP contribution < -0.4 is 5.73 Å². The Kier molecular flexibility index (Phi) is 4.15. The molecule has 94 valence electrons. The van der Waals surface area contributed by atoms with Gasteiger partial charge in [-0.15, -0.1) is 0 Å². The van der Waals surface area contributed by atoms with Gasteiger partial charge in [0.2, 0.25) is 0 Å². The average Bonchev–Trinajstić information content (AvgIpc) is 1.97. The van der Waals surface area contributed by atoms with E-state index in [1.54, 1.807) is 4.90 Å². The SMILES string of the molecule is CC(C)(C)OC(=O)N1CC([C@@H](N)CCO)C1. The van der Waals surface area contributed by atoms with E-state index in [9.17, 15) is 4.79 Å². The highest BCUT2D eigenvalue weighted by atomic mass is 16.6. The topological polar surface area (TPSA) is 75.8 Å². The smallest absolute Gasteiger partial charge is 0.410 e. The molecule has 1 rings (SSSR count). The van der Waals surface area contributed by atoms with Crippen molar-refractivity contribution in [3.8, 4) is 0 Å². The van der Waals surface area contributed by atoms with Gasteiger partial charge in [0.05, 0.1) is 0 Å². The molecule has 5 heteroatoms. The molecule has 0 saturated carbocycles. The molecule has 5 nitrogen and oxygen atoms in total. The largest absolute Gasteiger partial charge is 0.444 e. The zero-order valence-corrected chi connectivity index (χ0v) is 10.3. The van der Waals surface area contributed by atoms with E-state index >= 15 is 0 Å². The fraction of sp³-hybridized carbons (Fsp3) is 0.909. The summed E-state index contributed by atoms with van der Waals surface area (Å²) in [6.45, 7) is 6.91. The van der Waals surface area contributed by atoms with Crippen molar-refractivity contribution in [3.05, 3.63) is 0 Å². The predicted octanol–water partition coefficient (Wildman–Crippen LogP) is 0.563. The Morgan fingerprint density at radius 1 is 1.56 bits per heavy atom. The molecule has 0 unspecified atom stereocenters. The molecule has 1 atom stereocenters. The summed E-state index contributed by atoms with van der Waals surface area (Å²) in [6, 6.07) is -0.0244. The summed E-state index contributed by atoms with van der Waals surface area (Å²) in [5.74, 6) is 0.291. The highest BCUT2D eigenvalue weighted by Crippen LogP contribution is 2.22. The minimum atomic E-state index is -0.449. The molecule has 1 aliphatic heterocycles. The van der Waals surface area contributed by atoms with Gasteiger partial charge in [0, 0.05) is 31.7 Å². The van der Waals surface area contributed by atoms with Crippen LogP contribution in [-0.4, -0.2) is 47.4 Å². The molecular formula is C11H22N2O3. The Hall–Kier alpha value is -0.810. The lowest BCUT2D eigenvalue weighted by Gasteiger charge is -2.42. The molecule has 3 N–H and O–H groups in total. The van der Waals surface area contributed by atoms with Gasteiger partial charge in [0.15, 0.2) is 0 Å². The maximum Gasteiger partial charge on any atom is 0.410 e. The highest BCUT2D eigenvalue weighted by Gasteiger charge is 2.36. The first kappa shape index (κ1) is 13.3. The van der Waals surface area contributed by atoms with E-state index in [2.05, 4.69) is 0 Å². The number of nitrogens with two attached hydrogens (primary N) is 1. The predicted molar refractivity (Wildman–Crippen MR) is 61.0 cm³/mol. The van der Waals surface area contributed by atoms with Crippen molar-refractivity contribution in [2.45, 2.75) is 38.8 Å². The van der Waals surface area contributed by atoms with Crippen molar-refractivity contribution in [3.63, 3.8) is 0 Å². The monoisotopic (exact) mass is 230 g/mol. The number of carbonyl (C=O) groups excluding carboxylic acids is 1. The van der Waals surface area contributed by atoms with Crippen LogP contribution in [0, 0.1) is 5.92 Å². The van der Waals surface area contributed by atoms with Gasteiger partial charge in [-0.25, -0.2) is 4.79 Å². The Bertz CT molecular complexity index is 244. The standard InChI is InChI=1S/C11H22N2O3/c1-11(2,3)16-10(15)13-6-8(7-13)9(12)4-5-14/h8-9,14H,4-7,12H2,1-3H3/t9-/m0/s1. The third-order valence-corrected chi connectivity index (χ3v) is 2.63. The van der Waals surface area contributed by atoms with Crippen molar-refractivity contribution in [1.29, 1.82) is 0 Å². The first-order valence-corrected chi connectivity index (χ1v) is 5.68. The number of nitrogens with zero attached hydrogens (tertiary/aromatic N) is 1. The summed E-state index contributed by atoms with van der Waals surface area (Å²) in [4.78, 5) is 13.2. The lowest BCUT2D eigenvalue weighted by Crippen LogP contribution is -2.57. The molecule has 16 heavy (non-hydrogen) atoms. The van der Waals surface area contributed by atoms with Crippen LogP contribution in [0.5, 0.6) is 0 Å². The van der Waals surface area contributed by atoms with Crippen molar-refractivity contribution in [1.82, 2.24) is 4.90 Å². The molecule has 0 aliphatic carbocycles. The van der Waals surface area contributed by atoms with Gasteiger partial charge in [-0.2, -0.15) is 0 Å². The van der Waals surface area contributed by atoms with Gasteiger partial charge in [0.25, 0.3) is 0 Å². The van der Waals surface area contributed by atoms with Crippen LogP contribution in [0.15, 0.2) is 0 Å². The summed E-state index contributed by atoms with van der Waals surface area (Å²) < 4.78 is 5.23. The van der Waals surface area contributed by atoms with E-state index in [1.807, 2.05) is 20.8 Å². The van der Waals surface area contributed by atoms with Gasteiger partial charge < -0.3 is 20.5 Å². The molecule has 0 spiro atoms. The summed E-state index contributed by atoms with van der Waals surface area (Å²) in [6.07, 6.45) is 0.312. The lowest BCUT2D eigenvalue weighted by molar-refractivity contribution is -0.00567. The second-order valence-corrected chi connectivity index (χ2v) is 5.32. The number of carbonyl (C=O) groups is 1. The van der Waals surface area contributed by atoms with Gasteiger partial charge in [-0.3, -0.25) is 0 Å². The number of hydrogen-bond donors (Lipinski definition) is 2. The lowest BCUT2D eigenvalue weighted by atomic mass is 9.91. The first-order valence-electron chi connectivity index (χ1n) is 5.68. The molecule has 0 radical (unpaired) electrons. The van der Waals surface area contributed by atoms with Gasteiger partial charge in [0.1, 0.15) is 5.60 Å². The van der Waals surface area contributed by atoms with Crippen molar-refractivity contribution < 1.29 is 14.6 Å². The van der Waals surface area contributed by atoms with Gasteiger partial charge in [-0.05, 0) is 27.2 Å². The van der Waals surface area contributed by atoms with Gasteiger partial charge >= 0.3 is 6.09 Å². The maximum atomic E-state index is 11.6. The quantitative estimate of drug-likeness (QED) is 0.743. The minimum absolute atomic E-state index is 0.0244. The van der Waals surface area contributed by atoms with Crippen LogP contribution >= 0.6 is 0 Å². The molecule has 0 aromatic rings. The summed E-state index contributed by atoms with van der Waals surface area (Å²) in [7, 11) is 0.